The number of hydrogen-bond acceptors (Lipinski definition) is 3. The summed E-state index contributed by atoms with van der Waals surface area (Å²) in [5, 5.41) is 2.70. The van der Waals surface area contributed by atoms with Gasteiger partial charge in [-0.3, -0.25) is 9.59 Å². The average Bonchev–Trinajstić information content (AvgIpc) is 2.37. The minimum atomic E-state index is -0.339. The molecule has 2 aromatic rings. The Hall–Kier alpha value is -2.08. The summed E-state index contributed by atoms with van der Waals surface area (Å²) in [6.45, 7) is 0. The molecule has 2 rings (SSSR count). The zero-order valence-corrected chi connectivity index (χ0v) is 11.8. The maximum atomic E-state index is 12.0. The summed E-state index contributed by atoms with van der Waals surface area (Å²) in [5.41, 5.74) is 6.94. The fourth-order valence-corrected chi connectivity index (χ4v) is 1.88. The number of rotatable bonds is 2. The number of nitrogens with zero attached hydrogens (tertiary/aromatic N) is 1. The molecular formula is C13H12BrN3O2. The van der Waals surface area contributed by atoms with Crippen LogP contribution < -0.4 is 16.6 Å². The lowest BCUT2D eigenvalue weighted by Crippen LogP contribution is -2.19. The lowest BCUT2D eigenvalue weighted by atomic mass is 10.2. The Morgan fingerprint density at radius 3 is 2.68 bits per heavy atom. The number of nitrogens with one attached hydrogen (secondary N) is 1. The summed E-state index contributed by atoms with van der Waals surface area (Å²) < 4.78 is 2.10. The van der Waals surface area contributed by atoms with Crippen LogP contribution in [0.2, 0.25) is 0 Å². The maximum Gasteiger partial charge on any atom is 0.255 e. The molecule has 0 unspecified atom stereocenters. The van der Waals surface area contributed by atoms with Crippen molar-refractivity contribution in [1.29, 1.82) is 0 Å². The number of benzene rings is 1. The molecule has 0 spiro atoms. The molecule has 0 aliphatic rings. The zero-order valence-electron chi connectivity index (χ0n) is 10.2. The number of amides is 1. The molecule has 0 bridgehead atoms. The van der Waals surface area contributed by atoms with Gasteiger partial charge in [0.2, 0.25) is 0 Å². The van der Waals surface area contributed by atoms with Crippen LogP contribution in [0.5, 0.6) is 0 Å². The fraction of sp³-hybridized carbons (Fsp3) is 0.0769. The Morgan fingerprint density at radius 2 is 2.05 bits per heavy atom. The molecule has 0 saturated heterocycles. The summed E-state index contributed by atoms with van der Waals surface area (Å²) in [6.07, 6.45) is 1.55. The van der Waals surface area contributed by atoms with Crippen molar-refractivity contribution in [1.82, 2.24) is 4.57 Å². The van der Waals surface area contributed by atoms with E-state index in [0.717, 1.165) is 0 Å². The number of pyridine rings is 1. The topological polar surface area (TPSA) is 77.1 Å². The minimum Gasteiger partial charge on any atom is -0.398 e. The molecule has 5 nitrogen and oxygen atoms in total. The third kappa shape index (κ3) is 3.03. The predicted octanol–water partition coefficient (Wildman–Crippen LogP) is 1.98. The Bertz CT molecular complexity index is 695. The lowest BCUT2D eigenvalue weighted by Gasteiger charge is -2.07. The van der Waals surface area contributed by atoms with Gasteiger partial charge in [-0.2, -0.15) is 0 Å². The van der Waals surface area contributed by atoms with E-state index < -0.39 is 0 Å². The van der Waals surface area contributed by atoms with Gasteiger partial charge in [0, 0.05) is 40.7 Å². The SMILES string of the molecule is Cn1ccc(C(=O)Nc2ccc(N)c(Br)c2)cc1=O. The van der Waals surface area contributed by atoms with E-state index in [-0.39, 0.29) is 11.5 Å². The molecule has 1 heterocycles. The number of aryl methyl sites for hydroxylation is 1. The molecule has 1 amide bonds. The Kier molecular flexibility index (Phi) is 3.71. The number of nitrogen functional groups attached to an aromatic ring is 1. The summed E-state index contributed by atoms with van der Waals surface area (Å²) >= 11 is 3.28. The van der Waals surface area contributed by atoms with Gasteiger partial charge >= 0.3 is 0 Å². The molecule has 6 heteroatoms. The predicted molar refractivity (Wildman–Crippen MR) is 78.2 cm³/mol. The lowest BCUT2D eigenvalue weighted by molar-refractivity contribution is 0.102. The standard InChI is InChI=1S/C13H12BrN3O2/c1-17-5-4-8(6-12(17)18)13(19)16-9-2-3-11(15)10(14)7-9/h2-7H,15H2,1H3,(H,16,19). The van der Waals surface area contributed by atoms with Crippen molar-refractivity contribution in [2.45, 2.75) is 0 Å². The van der Waals surface area contributed by atoms with E-state index in [0.29, 0.717) is 21.4 Å². The van der Waals surface area contributed by atoms with E-state index >= 15 is 0 Å². The van der Waals surface area contributed by atoms with Crippen LogP contribution >= 0.6 is 15.9 Å². The van der Waals surface area contributed by atoms with Gasteiger partial charge in [-0.1, -0.05) is 0 Å². The first kappa shape index (κ1) is 13.4. The highest BCUT2D eigenvalue weighted by Crippen LogP contribution is 2.23. The minimum absolute atomic E-state index is 0.230. The van der Waals surface area contributed by atoms with E-state index in [2.05, 4.69) is 21.2 Å². The number of halogens is 1. The van der Waals surface area contributed by atoms with Gasteiger partial charge in [0.15, 0.2) is 0 Å². The van der Waals surface area contributed by atoms with Gasteiger partial charge in [-0.15, -0.1) is 0 Å². The van der Waals surface area contributed by atoms with Crippen LogP contribution in [0.25, 0.3) is 0 Å². The highest BCUT2D eigenvalue weighted by Gasteiger charge is 2.08. The monoisotopic (exact) mass is 321 g/mol. The molecule has 19 heavy (non-hydrogen) atoms. The van der Waals surface area contributed by atoms with Gasteiger partial charge in [0.25, 0.3) is 11.5 Å². The van der Waals surface area contributed by atoms with Crippen LogP contribution in [0.4, 0.5) is 11.4 Å². The molecule has 0 atom stereocenters. The van der Waals surface area contributed by atoms with Gasteiger partial charge < -0.3 is 15.6 Å². The van der Waals surface area contributed by atoms with E-state index in [1.807, 2.05) is 0 Å². The molecule has 0 fully saturated rings. The first-order valence-corrected chi connectivity index (χ1v) is 6.30. The largest absolute Gasteiger partial charge is 0.398 e. The summed E-state index contributed by atoms with van der Waals surface area (Å²) in [7, 11) is 1.63. The zero-order chi connectivity index (χ0) is 14.0. The highest BCUT2D eigenvalue weighted by atomic mass is 79.9. The number of carbonyl (C=O) groups is 1. The Morgan fingerprint density at radius 1 is 1.32 bits per heavy atom. The molecule has 1 aromatic carbocycles. The van der Waals surface area contributed by atoms with Gasteiger partial charge in [-0.25, -0.2) is 0 Å². The van der Waals surface area contributed by atoms with Gasteiger partial charge in [0.05, 0.1) is 0 Å². The first-order valence-electron chi connectivity index (χ1n) is 5.50. The smallest absolute Gasteiger partial charge is 0.255 e. The van der Waals surface area contributed by atoms with E-state index in [4.69, 9.17) is 5.73 Å². The number of carbonyl (C=O) groups excluding carboxylic acids is 1. The van der Waals surface area contributed by atoms with Crippen molar-refractivity contribution in [2.75, 3.05) is 11.1 Å². The highest BCUT2D eigenvalue weighted by molar-refractivity contribution is 9.10. The van der Waals surface area contributed by atoms with Crippen molar-refractivity contribution in [3.8, 4) is 0 Å². The third-order valence-corrected chi connectivity index (χ3v) is 3.31. The second kappa shape index (κ2) is 5.27. The van der Waals surface area contributed by atoms with Crippen LogP contribution in [0, 0.1) is 0 Å². The fourth-order valence-electron chi connectivity index (χ4n) is 1.50. The quantitative estimate of drug-likeness (QED) is 0.830. The average molecular weight is 322 g/mol. The van der Waals surface area contributed by atoms with Crippen LogP contribution in [0.1, 0.15) is 10.4 Å². The number of hydrogen-bond donors (Lipinski definition) is 2. The normalized spacial score (nSPS) is 10.2. The van der Waals surface area contributed by atoms with Crippen molar-refractivity contribution in [2.24, 2.45) is 7.05 Å². The Labute approximate surface area is 118 Å². The van der Waals surface area contributed by atoms with Crippen molar-refractivity contribution < 1.29 is 4.79 Å². The summed E-state index contributed by atoms with van der Waals surface area (Å²) in [5.74, 6) is -0.339. The van der Waals surface area contributed by atoms with Crippen molar-refractivity contribution >= 4 is 33.2 Å². The van der Waals surface area contributed by atoms with Crippen molar-refractivity contribution in [3.63, 3.8) is 0 Å². The van der Waals surface area contributed by atoms with E-state index in [1.54, 1.807) is 37.5 Å². The molecule has 3 N–H and O–H groups in total. The van der Waals surface area contributed by atoms with Crippen LogP contribution in [-0.2, 0) is 7.05 Å². The molecule has 1 aromatic heterocycles. The second-order valence-corrected chi connectivity index (χ2v) is 4.91. The third-order valence-electron chi connectivity index (χ3n) is 2.62. The maximum absolute atomic E-state index is 12.0. The van der Waals surface area contributed by atoms with E-state index in [1.165, 1.54) is 10.6 Å². The van der Waals surface area contributed by atoms with Crippen LogP contribution in [0.15, 0.2) is 45.8 Å². The number of anilines is 2. The number of aromatic nitrogens is 1. The molecular weight excluding hydrogens is 310 g/mol. The van der Waals surface area contributed by atoms with Gasteiger partial charge in [-0.05, 0) is 40.2 Å². The molecule has 0 aliphatic heterocycles. The van der Waals surface area contributed by atoms with Gasteiger partial charge in [0.1, 0.15) is 0 Å². The molecule has 0 saturated carbocycles. The summed E-state index contributed by atoms with van der Waals surface area (Å²) in [6, 6.07) is 7.96. The Balaban J connectivity index is 2.23. The first-order chi connectivity index (χ1) is 8.97. The van der Waals surface area contributed by atoms with Crippen LogP contribution in [0.3, 0.4) is 0 Å². The number of nitrogens with two attached hydrogens (primary N) is 1. The molecule has 0 radical (unpaired) electrons. The second-order valence-electron chi connectivity index (χ2n) is 4.05. The molecule has 98 valence electrons. The molecule has 0 aliphatic carbocycles. The van der Waals surface area contributed by atoms with Crippen LogP contribution in [-0.4, -0.2) is 10.5 Å². The van der Waals surface area contributed by atoms with Crippen molar-refractivity contribution in [3.05, 3.63) is 56.9 Å². The van der Waals surface area contributed by atoms with E-state index in [9.17, 15) is 9.59 Å². The summed E-state index contributed by atoms with van der Waals surface area (Å²) in [4.78, 5) is 23.4.